The molecule has 1 aliphatic rings. The van der Waals surface area contributed by atoms with Crippen LogP contribution in [0.15, 0.2) is 41.8 Å². The predicted octanol–water partition coefficient (Wildman–Crippen LogP) is 0.0456. The van der Waals surface area contributed by atoms with Crippen LogP contribution >= 0.6 is 23.2 Å². The van der Waals surface area contributed by atoms with E-state index in [-0.39, 0.29) is 17.0 Å². The summed E-state index contributed by atoms with van der Waals surface area (Å²) in [6.45, 7) is 1.14. The van der Waals surface area contributed by atoms with Crippen LogP contribution in [0, 0.1) is 0 Å². The average Bonchev–Trinajstić information content (AvgIpc) is 2.87. The van der Waals surface area contributed by atoms with Crippen LogP contribution < -0.4 is 26.4 Å². The highest BCUT2D eigenvalue weighted by Crippen LogP contribution is 2.36. The first-order valence-electron chi connectivity index (χ1n) is 7.37. The number of fused-ring (bicyclic) bond motifs is 1. The van der Waals surface area contributed by atoms with Gasteiger partial charge < -0.3 is 22.1 Å². The van der Waals surface area contributed by atoms with Gasteiger partial charge in [0.2, 0.25) is 5.72 Å². The van der Waals surface area contributed by atoms with Crippen LogP contribution in [0.2, 0.25) is 10.0 Å². The summed E-state index contributed by atoms with van der Waals surface area (Å²) < 4.78 is 1.87. The number of rotatable bonds is 5. The molecule has 1 unspecified atom stereocenters. The van der Waals surface area contributed by atoms with Gasteiger partial charge in [0.15, 0.2) is 0 Å². The summed E-state index contributed by atoms with van der Waals surface area (Å²) in [5.41, 5.74) is 7.74. The Hall–Kier alpha value is -1.57. The van der Waals surface area contributed by atoms with Crippen molar-refractivity contribution in [3.8, 4) is 0 Å². The average molecular weight is 446 g/mol. The fraction of sp³-hybridized carbons (Fsp3) is 0.333. The summed E-state index contributed by atoms with van der Waals surface area (Å²) in [6, 6.07) is 6.89. The first kappa shape index (κ1) is 19.8. The minimum absolute atomic E-state index is 0. The molecule has 1 aromatic heterocycles. The Labute approximate surface area is 165 Å². The molecule has 2 heterocycles. The van der Waals surface area contributed by atoms with Gasteiger partial charge in [0.05, 0.1) is 22.8 Å². The largest absolute Gasteiger partial charge is 1.00 e. The van der Waals surface area contributed by atoms with E-state index in [0.717, 1.165) is 0 Å². The summed E-state index contributed by atoms with van der Waals surface area (Å²) in [5, 5.41) is 15.7. The van der Waals surface area contributed by atoms with Crippen molar-refractivity contribution in [3.05, 3.63) is 62.7 Å². The molecule has 0 fully saturated rings. The van der Waals surface area contributed by atoms with Crippen LogP contribution in [0.1, 0.15) is 12.0 Å². The van der Waals surface area contributed by atoms with E-state index in [9.17, 15) is 5.11 Å². The van der Waals surface area contributed by atoms with Crippen LogP contribution in [-0.2, 0) is 12.3 Å². The summed E-state index contributed by atoms with van der Waals surface area (Å²) in [6.07, 6.45) is 4.12. The molecule has 1 aromatic carbocycles. The molecule has 0 radical (unpaired) electrons. The molecule has 0 spiro atoms. The lowest BCUT2D eigenvalue weighted by molar-refractivity contribution is -0.685. The molecular formula is C15H15BrCl2N6O. The van der Waals surface area contributed by atoms with Crippen molar-refractivity contribution in [2.75, 3.05) is 18.0 Å². The molecule has 0 saturated carbocycles. The molecule has 7 nitrogen and oxygen atoms in total. The zero-order valence-electron chi connectivity index (χ0n) is 13.1. The third kappa shape index (κ3) is 3.83. The van der Waals surface area contributed by atoms with Gasteiger partial charge in [-0.3, -0.25) is 0 Å². The second-order valence-electron chi connectivity index (χ2n) is 5.45. The number of aliphatic hydroxyl groups is 1. The van der Waals surface area contributed by atoms with Gasteiger partial charge >= 0.3 is 5.95 Å². The Bertz CT molecular complexity index is 816. The predicted molar refractivity (Wildman–Crippen MR) is 90.8 cm³/mol. The molecule has 10 heteroatoms. The van der Waals surface area contributed by atoms with Gasteiger partial charge in [-0.25, -0.2) is 9.47 Å². The highest BCUT2D eigenvalue weighted by Gasteiger charge is 2.51. The van der Waals surface area contributed by atoms with Crippen LogP contribution in [0.3, 0.4) is 0 Å². The number of anilines is 1. The SMILES string of the molecule is [Br-].[N-]=[N+]=NCCCN1c2nccc[n+]2CC1(O)c1ccc(Cl)c(Cl)c1. The number of azide groups is 1. The Kier molecular flexibility index (Phi) is 6.48. The van der Waals surface area contributed by atoms with Gasteiger partial charge in [0.1, 0.15) is 12.7 Å². The first-order chi connectivity index (χ1) is 11.6. The van der Waals surface area contributed by atoms with Gasteiger partial charge in [-0.2, -0.15) is 0 Å². The van der Waals surface area contributed by atoms with Crippen molar-refractivity contribution in [3.63, 3.8) is 0 Å². The lowest BCUT2D eigenvalue weighted by Gasteiger charge is -2.28. The summed E-state index contributed by atoms with van der Waals surface area (Å²) in [4.78, 5) is 8.91. The maximum absolute atomic E-state index is 11.4. The molecule has 1 aliphatic heterocycles. The number of aromatic nitrogens is 2. The van der Waals surface area contributed by atoms with Gasteiger partial charge in [-0.15, -0.1) is 0 Å². The minimum atomic E-state index is -1.30. The summed E-state index contributed by atoms with van der Waals surface area (Å²) in [7, 11) is 0. The van der Waals surface area contributed by atoms with E-state index < -0.39 is 5.72 Å². The van der Waals surface area contributed by atoms with Crippen molar-refractivity contribution in [1.82, 2.24) is 4.98 Å². The van der Waals surface area contributed by atoms with Crippen LogP contribution in [0.5, 0.6) is 0 Å². The van der Waals surface area contributed by atoms with E-state index in [0.29, 0.717) is 47.6 Å². The number of nitrogens with zero attached hydrogens (tertiary/aromatic N) is 6. The second-order valence-corrected chi connectivity index (χ2v) is 6.27. The third-order valence-electron chi connectivity index (χ3n) is 3.96. The number of benzene rings is 1. The maximum atomic E-state index is 11.4. The van der Waals surface area contributed by atoms with Crippen LogP contribution in [0.25, 0.3) is 10.4 Å². The van der Waals surface area contributed by atoms with E-state index in [1.165, 1.54) is 0 Å². The summed E-state index contributed by atoms with van der Waals surface area (Å²) >= 11 is 12.1. The van der Waals surface area contributed by atoms with Crippen molar-refractivity contribution < 1.29 is 26.7 Å². The molecule has 0 aliphatic carbocycles. The Morgan fingerprint density at radius 2 is 2.20 bits per heavy atom. The van der Waals surface area contributed by atoms with E-state index in [4.69, 9.17) is 28.7 Å². The number of hydrogen-bond donors (Lipinski definition) is 1. The van der Waals surface area contributed by atoms with Crippen molar-refractivity contribution in [1.29, 1.82) is 0 Å². The number of halogens is 3. The Balaban J connectivity index is 0.00000225. The first-order valence-corrected chi connectivity index (χ1v) is 8.13. The van der Waals surface area contributed by atoms with Gasteiger partial charge in [0, 0.05) is 23.1 Å². The van der Waals surface area contributed by atoms with Gasteiger partial charge in [-0.1, -0.05) is 39.4 Å². The normalized spacial score (nSPS) is 18.3. The van der Waals surface area contributed by atoms with Crippen molar-refractivity contribution >= 4 is 29.2 Å². The highest BCUT2D eigenvalue weighted by atomic mass is 79.9. The highest BCUT2D eigenvalue weighted by molar-refractivity contribution is 6.42. The fourth-order valence-corrected chi connectivity index (χ4v) is 3.15. The lowest BCUT2D eigenvalue weighted by atomic mass is 10.0. The fourth-order valence-electron chi connectivity index (χ4n) is 2.85. The van der Waals surface area contributed by atoms with E-state index >= 15 is 0 Å². The van der Waals surface area contributed by atoms with Crippen LogP contribution in [0.4, 0.5) is 5.95 Å². The molecular weight excluding hydrogens is 431 g/mol. The monoisotopic (exact) mass is 444 g/mol. The Morgan fingerprint density at radius 3 is 2.92 bits per heavy atom. The van der Waals surface area contributed by atoms with E-state index in [1.807, 2.05) is 16.8 Å². The molecule has 132 valence electrons. The van der Waals surface area contributed by atoms with Gasteiger partial charge in [0.25, 0.3) is 0 Å². The van der Waals surface area contributed by atoms with Crippen molar-refractivity contribution in [2.45, 2.75) is 18.7 Å². The maximum Gasteiger partial charge on any atom is 0.396 e. The molecule has 0 bridgehead atoms. The van der Waals surface area contributed by atoms with E-state index in [2.05, 4.69) is 15.0 Å². The van der Waals surface area contributed by atoms with E-state index in [1.54, 1.807) is 29.3 Å². The zero-order chi connectivity index (χ0) is 17.2. The second kappa shape index (κ2) is 8.21. The standard InChI is InChI=1S/C15H15Cl2N6O.BrH/c16-12-4-3-11(9-13(12)17)15(24)10-22-7-1-5-19-14(22)23(15)8-2-6-20-21-18;/h1,3-5,7,9,24H,2,6,8,10H2;1H/q+1;/p-1. The minimum Gasteiger partial charge on any atom is -1.00 e. The molecule has 1 N–H and O–H groups in total. The molecule has 0 saturated heterocycles. The molecule has 1 atom stereocenters. The third-order valence-corrected chi connectivity index (χ3v) is 4.70. The lowest BCUT2D eigenvalue weighted by Crippen LogP contribution is -3.00. The topological polar surface area (TPSA) is 89.0 Å². The molecule has 0 amide bonds. The summed E-state index contributed by atoms with van der Waals surface area (Å²) in [5.74, 6) is 0.645. The molecule has 2 aromatic rings. The number of hydrogen-bond acceptors (Lipinski definition) is 4. The Morgan fingerprint density at radius 1 is 1.40 bits per heavy atom. The zero-order valence-corrected chi connectivity index (χ0v) is 16.2. The smallest absolute Gasteiger partial charge is 0.396 e. The van der Waals surface area contributed by atoms with Gasteiger partial charge in [-0.05, 0) is 24.1 Å². The molecule has 3 rings (SSSR count). The van der Waals surface area contributed by atoms with Crippen LogP contribution in [-0.4, -0.2) is 23.2 Å². The molecule has 25 heavy (non-hydrogen) atoms. The van der Waals surface area contributed by atoms with Crippen molar-refractivity contribution in [2.24, 2.45) is 5.11 Å². The quantitative estimate of drug-likeness (QED) is 0.232.